The van der Waals surface area contributed by atoms with E-state index in [1.807, 2.05) is 18.2 Å². The Kier molecular flexibility index (Phi) is 2.77. The number of ether oxygens (including phenoxy) is 1. The topological polar surface area (TPSA) is 46.1 Å². The van der Waals surface area contributed by atoms with Gasteiger partial charge >= 0.3 is 0 Å². The van der Waals surface area contributed by atoms with Crippen molar-refractivity contribution < 1.29 is 4.74 Å². The van der Waals surface area contributed by atoms with Gasteiger partial charge < -0.3 is 9.64 Å². The molecule has 1 aromatic carbocycles. The number of H-pyrrole nitrogens is 1. The lowest BCUT2D eigenvalue weighted by atomic mass is 10.2. The Morgan fingerprint density at radius 2 is 2.15 bits per heavy atom. The minimum absolute atomic E-state index is 0.507. The van der Waals surface area contributed by atoms with Crippen LogP contribution in [0.3, 0.4) is 0 Å². The summed E-state index contributed by atoms with van der Waals surface area (Å²) >= 11 is 5.38. The van der Waals surface area contributed by atoms with Crippen LogP contribution in [0, 0.1) is 4.77 Å². The lowest BCUT2D eigenvalue weighted by molar-refractivity contribution is 0.322. The molecule has 0 saturated heterocycles. The second-order valence-corrected chi connectivity index (χ2v) is 5.64. The molecular weight excluding hydrogens is 272 g/mol. The first-order valence-electron chi connectivity index (χ1n) is 7.01. The van der Waals surface area contributed by atoms with Crippen LogP contribution in [0.25, 0.3) is 0 Å². The molecule has 4 rings (SSSR count). The predicted molar refractivity (Wildman–Crippen MR) is 79.2 cm³/mol. The van der Waals surface area contributed by atoms with E-state index in [0.29, 0.717) is 10.8 Å². The SMILES string of the molecule is S=c1[nH]nc(N2CCCOc3ccccc32)n1C1CC1. The van der Waals surface area contributed by atoms with Crippen LogP contribution in [0.1, 0.15) is 25.3 Å². The van der Waals surface area contributed by atoms with Crippen molar-refractivity contribution in [2.75, 3.05) is 18.1 Å². The van der Waals surface area contributed by atoms with Gasteiger partial charge in [0.1, 0.15) is 5.75 Å². The molecule has 0 atom stereocenters. The van der Waals surface area contributed by atoms with Gasteiger partial charge in [-0.05, 0) is 43.6 Å². The Labute approximate surface area is 122 Å². The van der Waals surface area contributed by atoms with Gasteiger partial charge in [0.15, 0.2) is 4.77 Å². The summed E-state index contributed by atoms with van der Waals surface area (Å²) in [5, 5.41) is 7.40. The number of fused-ring (bicyclic) bond motifs is 1. The molecule has 104 valence electrons. The number of nitrogens with one attached hydrogen (secondary N) is 1. The van der Waals surface area contributed by atoms with E-state index >= 15 is 0 Å². The molecule has 5 nitrogen and oxygen atoms in total. The molecule has 1 saturated carbocycles. The third-order valence-corrected chi connectivity index (χ3v) is 4.07. The van der Waals surface area contributed by atoms with E-state index in [2.05, 4.69) is 25.7 Å². The fourth-order valence-corrected chi connectivity index (χ4v) is 2.96. The smallest absolute Gasteiger partial charge is 0.230 e. The van der Waals surface area contributed by atoms with Gasteiger partial charge in [0.25, 0.3) is 0 Å². The van der Waals surface area contributed by atoms with Crippen LogP contribution in [0.5, 0.6) is 5.75 Å². The summed E-state index contributed by atoms with van der Waals surface area (Å²) in [5.74, 6) is 1.83. The summed E-state index contributed by atoms with van der Waals surface area (Å²) in [7, 11) is 0. The third-order valence-electron chi connectivity index (χ3n) is 3.78. The first-order valence-corrected chi connectivity index (χ1v) is 7.42. The maximum absolute atomic E-state index is 5.81. The van der Waals surface area contributed by atoms with E-state index in [-0.39, 0.29) is 0 Å². The van der Waals surface area contributed by atoms with E-state index in [1.54, 1.807) is 0 Å². The minimum atomic E-state index is 0.507. The number of rotatable bonds is 2. The molecule has 6 heteroatoms. The van der Waals surface area contributed by atoms with Gasteiger partial charge in [-0.3, -0.25) is 4.57 Å². The molecule has 1 aromatic heterocycles. The molecule has 20 heavy (non-hydrogen) atoms. The van der Waals surface area contributed by atoms with Gasteiger partial charge in [-0.25, -0.2) is 5.10 Å². The Morgan fingerprint density at radius 3 is 3.00 bits per heavy atom. The van der Waals surface area contributed by atoms with Crippen LogP contribution in [0.15, 0.2) is 24.3 Å². The molecule has 1 N–H and O–H groups in total. The number of hydrogen-bond acceptors (Lipinski definition) is 4. The fourth-order valence-electron chi connectivity index (χ4n) is 2.68. The van der Waals surface area contributed by atoms with Crippen molar-refractivity contribution in [3.05, 3.63) is 29.0 Å². The minimum Gasteiger partial charge on any atom is -0.491 e. The van der Waals surface area contributed by atoms with Crippen molar-refractivity contribution in [3.8, 4) is 5.75 Å². The Morgan fingerprint density at radius 1 is 1.30 bits per heavy atom. The molecule has 0 amide bonds. The van der Waals surface area contributed by atoms with E-state index in [0.717, 1.165) is 37.0 Å². The van der Waals surface area contributed by atoms with Crippen LogP contribution in [-0.4, -0.2) is 27.9 Å². The third kappa shape index (κ3) is 1.91. The summed E-state index contributed by atoms with van der Waals surface area (Å²) in [6.07, 6.45) is 3.35. The van der Waals surface area contributed by atoms with Crippen LogP contribution >= 0.6 is 12.2 Å². The molecule has 1 fully saturated rings. The molecule has 1 aliphatic heterocycles. The number of nitrogens with zero attached hydrogens (tertiary/aromatic N) is 3. The monoisotopic (exact) mass is 288 g/mol. The molecule has 2 heterocycles. The summed E-state index contributed by atoms with van der Waals surface area (Å²) in [5.41, 5.74) is 1.07. The first kappa shape index (κ1) is 12.0. The molecule has 1 aliphatic carbocycles. The normalized spacial score (nSPS) is 18.3. The average molecular weight is 288 g/mol. The number of aromatic amines is 1. The van der Waals surface area contributed by atoms with Crippen LogP contribution in [-0.2, 0) is 0 Å². The van der Waals surface area contributed by atoms with Crippen molar-refractivity contribution in [3.63, 3.8) is 0 Å². The highest BCUT2D eigenvalue weighted by atomic mass is 32.1. The Balaban J connectivity index is 1.84. The molecule has 2 aromatic rings. The molecule has 0 unspecified atom stereocenters. The number of aromatic nitrogens is 3. The summed E-state index contributed by atoms with van der Waals surface area (Å²) in [6.45, 7) is 1.63. The highest BCUT2D eigenvalue weighted by Crippen LogP contribution is 2.41. The summed E-state index contributed by atoms with van der Waals surface area (Å²) in [4.78, 5) is 2.22. The number of anilines is 2. The van der Waals surface area contributed by atoms with Gasteiger partial charge in [-0.15, -0.1) is 5.10 Å². The molecule has 0 bridgehead atoms. The molecule has 0 radical (unpaired) electrons. The highest BCUT2D eigenvalue weighted by Gasteiger charge is 2.30. The highest BCUT2D eigenvalue weighted by molar-refractivity contribution is 7.71. The van der Waals surface area contributed by atoms with Crippen molar-refractivity contribution in [1.82, 2.24) is 14.8 Å². The lowest BCUT2D eigenvalue weighted by Crippen LogP contribution is -2.21. The van der Waals surface area contributed by atoms with Gasteiger partial charge in [0.05, 0.1) is 12.3 Å². The summed E-state index contributed by atoms with van der Waals surface area (Å²) in [6, 6.07) is 8.63. The lowest BCUT2D eigenvalue weighted by Gasteiger charge is -2.22. The zero-order chi connectivity index (χ0) is 13.5. The molecular formula is C14H16N4OS. The van der Waals surface area contributed by atoms with Crippen molar-refractivity contribution in [1.29, 1.82) is 0 Å². The quantitative estimate of drug-likeness (QED) is 0.862. The Hall–Kier alpha value is -1.82. The maximum atomic E-state index is 5.81. The molecule has 0 spiro atoms. The van der Waals surface area contributed by atoms with E-state index in [9.17, 15) is 0 Å². The van der Waals surface area contributed by atoms with Crippen LogP contribution < -0.4 is 9.64 Å². The van der Waals surface area contributed by atoms with Gasteiger partial charge in [-0.1, -0.05) is 12.1 Å². The largest absolute Gasteiger partial charge is 0.491 e. The molecule has 2 aliphatic rings. The second-order valence-electron chi connectivity index (χ2n) is 5.25. The van der Waals surface area contributed by atoms with Gasteiger partial charge in [0, 0.05) is 12.6 Å². The second kappa shape index (κ2) is 4.63. The maximum Gasteiger partial charge on any atom is 0.230 e. The van der Waals surface area contributed by atoms with Crippen LogP contribution in [0.4, 0.5) is 11.6 Å². The van der Waals surface area contributed by atoms with Gasteiger partial charge in [-0.2, -0.15) is 0 Å². The fraction of sp³-hybridized carbons (Fsp3) is 0.429. The zero-order valence-corrected chi connectivity index (χ0v) is 11.9. The average Bonchev–Trinajstić information content (AvgIpc) is 3.26. The zero-order valence-electron chi connectivity index (χ0n) is 11.1. The predicted octanol–water partition coefficient (Wildman–Crippen LogP) is 3.20. The first-order chi connectivity index (χ1) is 9.84. The van der Waals surface area contributed by atoms with Crippen molar-refractivity contribution in [2.24, 2.45) is 0 Å². The van der Waals surface area contributed by atoms with E-state index < -0.39 is 0 Å². The van der Waals surface area contributed by atoms with E-state index in [4.69, 9.17) is 17.0 Å². The summed E-state index contributed by atoms with van der Waals surface area (Å²) < 4.78 is 8.67. The van der Waals surface area contributed by atoms with Crippen molar-refractivity contribution in [2.45, 2.75) is 25.3 Å². The number of hydrogen-bond donors (Lipinski definition) is 1. The van der Waals surface area contributed by atoms with Gasteiger partial charge in [0.2, 0.25) is 5.95 Å². The van der Waals surface area contributed by atoms with E-state index in [1.165, 1.54) is 12.8 Å². The van der Waals surface area contributed by atoms with Crippen LogP contribution in [0.2, 0.25) is 0 Å². The van der Waals surface area contributed by atoms with Crippen molar-refractivity contribution >= 4 is 23.9 Å². The number of para-hydroxylation sites is 2. The Bertz CT molecular complexity index is 688. The standard InChI is InChI=1S/C14H16N4OS/c20-14-16-15-13(18(14)10-6-7-10)17-8-3-9-19-12-5-2-1-4-11(12)17/h1-2,4-5,10H,3,6-9H2,(H,16,20). The number of benzene rings is 1.